The Morgan fingerprint density at radius 1 is 1.30 bits per heavy atom. The van der Waals surface area contributed by atoms with Crippen molar-refractivity contribution in [1.82, 2.24) is 10.6 Å². The molecule has 0 heterocycles. The van der Waals surface area contributed by atoms with Crippen molar-refractivity contribution >= 4 is 12.0 Å². The fourth-order valence-corrected chi connectivity index (χ4v) is 1.94. The first-order valence-electron chi connectivity index (χ1n) is 6.80. The predicted octanol–water partition coefficient (Wildman–Crippen LogP) is 1.78. The average molecular weight is 276 g/mol. The van der Waals surface area contributed by atoms with Crippen LogP contribution in [0.1, 0.15) is 25.3 Å². The van der Waals surface area contributed by atoms with E-state index in [0.29, 0.717) is 6.54 Å². The minimum absolute atomic E-state index is 0.204. The lowest BCUT2D eigenvalue weighted by atomic mass is 10.1. The molecule has 1 aromatic rings. The maximum atomic E-state index is 11.7. The second-order valence-electron chi connectivity index (χ2n) is 5.72. The molecule has 1 fully saturated rings. The Labute approximate surface area is 118 Å². The number of rotatable bonds is 6. The molecule has 1 aliphatic carbocycles. The number of carbonyl (C=O) groups excluding carboxylic acids is 1. The van der Waals surface area contributed by atoms with Gasteiger partial charge >= 0.3 is 12.0 Å². The summed E-state index contributed by atoms with van der Waals surface area (Å²) in [6.45, 7) is 2.70. The predicted molar refractivity (Wildman–Crippen MR) is 75.4 cm³/mol. The summed E-state index contributed by atoms with van der Waals surface area (Å²) in [7, 11) is 0. The zero-order valence-electron chi connectivity index (χ0n) is 11.6. The number of carbonyl (C=O) groups is 2. The third-order valence-electron chi connectivity index (χ3n) is 3.67. The third kappa shape index (κ3) is 4.26. The lowest BCUT2D eigenvalue weighted by molar-refractivity contribution is -0.139. The van der Waals surface area contributed by atoms with Crippen LogP contribution in [0, 0.1) is 5.41 Å². The highest BCUT2D eigenvalue weighted by Crippen LogP contribution is 2.43. The molecular weight excluding hydrogens is 256 g/mol. The van der Waals surface area contributed by atoms with Crippen LogP contribution in [0.15, 0.2) is 30.3 Å². The van der Waals surface area contributed by atoms with Crippen molar-refractivity contribution in [2.45, 2.75) is 32.2 Å². The number of aliphatic carboxylic acids is 1. The van der Waals surface area contributed by atoms with Crippen molar-refractivity contribution < 1.29 is 14.7 Å². The van der Waals surface area contributed by atoms with Crippen LogP contribution >= 0.6 is 0 Å². The summed E-state index contributed by atoms with van der Waals surface area (Å²) in [6, 6.07) is 7.94. The van der Waals surface area contributed by atoms with E-state index >= 15 is 0 Å². The molecule has 3 N–H and O–H groups in total. The largest absolute Gasteiger partial charge is 0.480 e. The Hall–Kier alpha value is -2.04. The molecule has 1 aromatic carbocycles. The van der Waals surface area contributed by atoms with Crippen LogP contribution in [0.4, 0.5) is 4.79 Å². The van der Waals surface area contributed by atoms with E-state index in [1.54, 1.807) is 0 Å². The summed E-state index contributed by atoms with van der Waals surface area (Å²) in [5.41, 5.74) is 1.09. The number of urea groups is 1. The first-order chi connectivity index (χ1) is 9.48. The fraction of sp³-hybridized carbons (Fsp3) is 0.467. The molecule has 0 aliphatic heterocycles. The van der Waals surface area contributed by atoms with Crippen LogP contribution < -0.4 is 10.6 Å². The van der Waals surface area contributed by atoms with Gasteiger partial charge in [0.05, 0.1) is 0 Å². The van der Waals surface area contributed by atoms with Crippen LogP contribution in [0.2, 0.25) is 0 Å². The van der Waals surface area contributed by atoms with E-state index < -0.39 is 18.0 Å². The summed E-state index contributed by atoms with van der Waals surface area (Å²) in [5.74, 6) is -1.03. The minimum atomic E-state index is -1.03. The Balaban J connectivity index is 1.85. The van der Waals surface area contributed by atoms with E-state index in [9.17, 15) is 14.7 Å². The van der Waals surface area contributed by atoms with E-state index in [0.717, 1.165) is 18.4 Å². The van der Waals surface area contributed by atoms with Gasteiger partial charge in [0.1, 0.15) is 6.04 Å². The van der Waals surface area contributed by atoms with Gasteiger partial charge in [-0.25, -0.2) is 9.59 Å². The Morgan fingerprint density at radius 3 is 2.50 bits per heavy atom. The van der Waals surface area contributed by atoms with Crippen LogP contribution in [0.5, 0.6) is 0 Å². The van der Waals surface area contributed by atoms with E-state index in [-0.39, 0.29) is 11.8 Å². The molecule has 0 saturated heterocycles. The number of carboxylic acids is 1. The van der Waals surface area contributed by atoms with E-state index in [1.807, 2.05) is 30.3 Å². The van der Waals surface area contributed by atoms with E-state index in [1.165, 1.54) is 0 Å². The van der Waals surface area contributed by atoms with Gasteiger partial charge in [0, 0.05) is 13.0 Å². The van der Waals surface area contributed by atoms with Crippen molar-refractivity contribution in [3.63, 3.8) is 0 Å². The number of carboxylic acid groups (broad SMARTS) is 1. The van der Waals surface area contributed by atoms with Crippen molar-refractivity contribution in [3.05, 3.63) is 35.9 Å². The van der Waals surface area contributed by atoms with Crippen LogP contribution in [-0.2, 0) is 11.2 Å². The number of benzene rings is 1. The Bertz CT molecular complexity index is 483. The van der Waals surface area contributed by atoms with Crippen molar-refractivity contribution in [3.8, 4) is 0 Å². The minimum Gasteiger partial charge on any atom is -0.480 e. The Morgan fingerprint density at radius 2 is 1.95 bits per heavy atom. The highest BCUT2D eigenvalue weighted by Gasteiger charge is 2.37. The first kappa shape index (κ1) is 14.4. The van der Waals surface area contributed by atoms with Crippen molar-refractivity contribution in [2.75, 3.05) is 6.54 Å². The van der Waals surface area contributed by atoms with Gasteiger partial charge in [-0.1, -0.05) is 37.3 Å². The molecule has 0 aromatic heterocycles. The molecule has 5 nitrogen and oxygen atoms in total. The van der Waals surface area contributed by atoms with Crippen molar-refractivity contribution in [2.24, 2.45) is 5.41 Å². The maximum Gasteiger partial charge on any atom is 0.326 e. The normalized spacial score (nSPS) is 17.1. The number of amides is 2. The number of hydrogen-bond donors (Lipinski definition) is 3. The van der Waals surface area contributed by atoms with Gasteiger partial charge in [-0.05, 0) is 23.8 Å². The van der Waals surface area contributed by atoms with Gasteiger partial charge in [-0.15, -0.1) is 0 Å². The topological polar surface area (TPSA) is 78.4 Å². The third-order valence-corrected chi connectivity index (χ3v) is 3.67. The van der Waals surface area contributed by atoms with Crippen molar-refractivity contribution in [1.29, 1.82) is 0 Å². The maximum absolute atomic E-state index is 11.7. The molecule has 0 bridgehead atoms. The zero-order valence-corrected chi connectivity index (χ0v) is 11.6. The molecular formula is C15H20N2O3. The second kappa shape index (κ2) is 5.94. The van der Waals surface area contributed by atoms with Crippen LogP contribution in [-0.4, -0.2) is 29.7 Å². The van der Waals surface area contributed by atoms with Crippen LogP contribution in [0.3, 0.4) is 0 Å². The number of hydrogen-bond acceptors (Lipinski definition) is 2. The molecule has 2 rings (SSSR count). The summed E-state index contributed by atoms with van der Waals surface area (Å²) in [6.07, 6.45) is 2.50. The standard InChI is InChI=1S/C15H20N2O3/c1-15(7-8-15)10-16-14(20)17-12(13(18)19)9-11-5-3-2-4-6-11/h2-6,12H,7-10H2,1H3,(H,18,19)(H2,16,17,20)/t12-/m1/s1. The van der Waals surface area contributed by atoms with Gasteiger partial charge in [0.15, 0.2) is 0 Å². The van der Waals surface area contributed by atoms with Gasteiger partial charge in [-0.3, -0.25) is 0 Å². The average Bonchev–Trinajstić information content (AvgIpc) is 3.15. The fourth-order valence-electron chi connectivity index (χ4n) is 1.94. The zero-order chi connectivity index (χ0) is 14.6. The molecule has 1 aliphatic rings. The lowest BCUT2D eigenvalue weighted by Gasteiger charge is -2.16. The molecule has 1 saturated carbocycles. The SMILES string of the molecule is CC1(CNC(=O)N[C@H](Cc2ccccc2)C(=O)O)CC1. The van der Waals surface area contributed by atoms with E-state index in [2.05, 4.69) is 17.6 Å². The molecule has 0 spiro atoms. The smallest absolute Gasteiger partial charge is 0.326 e. The second-order valence-corrected chi connectivity index (χ2v) is 5.72. The van der Waals surface area contributed by atoms with Gasteiger partial charge < -0.3 is 15.7 Å². The highest BCUT2D eigenvalue weighted by molar-refractivity contribution is 5.82. The van der Waals surface area contributed by atoms with Gasteiger partial charge in [-0.2, -0.15) is 0 Å². The monoisotopic (exact) mass is 276 g/mol. The number of nitrogens with one attached hydrogen (secondary N) is 2. The lowest BCUT2D eigenvalue weighted by Crippen LogP contribution is -2.48. The summed E-state index contributed by atoms with van der Waals surface area (Å²) in [5, 5.41) is 14.4. The Kier molecular flexibility index (Phi) is 4.27. The van der Waals surface area contributed by atoms with Crippen LogP contribution in [0.25, 0.3) is 0 Å². The molecule has 20 heavy (non-hydrogen) atoms. The molecule has 0 unspecified atom stereocenters. The van der Waals surface area contributed by atoms with Gasteiger partial charge in [0.2, 0.25) is 0 Å². The quantitative estimate of drug-likeness (QED) is 0.741. The summed E-state index contributed by atoms with van der Waals surface area (Å²) >= 11 is 0. The molecule has 108 valence electrons. The molecule has 2 amide bonds. The molecule has 5 heteroatoms. The molecule has 0 radical (unpaired) electrons. The summed E-state index contributed by atoms with van der Waals surface area (Å²) < 4.78 is 0. The summed E-state index contributed by atoms with van der Waals surface area (Å²) in [4.78, 5) is 22.9. The highest BCUT2D eigenvalue weighted by atomic mass is 16.4. The van der Waals surface area contributed by atoms with E-state index in [4.69, 9.17) is 0 Å². The molecule has 1 atom stereocenters. The first-order valence-corrected chi connectivity index (χ1v) is 6.80. The van der Waals surface area contributed by atoms with Gasteiger partial charge in [0.25, 0.3) is 0 Å².